The van der Waals surface area contributed by atoms with Gasteiger partial charge in [0.2, 0.25) is 5.91 Å². The maximum atomic E-state index is 11.9. The highest BCUT2D eigenvalue weighted by atomic mass is 16.5. The number of fused-ring (bicyclic) bond motifs is 2. The lowest BCUT2D eigenvalue weighted by Gasteiger charge is -2.26. The Kier molecular flexibility index (Phi) is 6.42. The van der Waals surface area contributed by atoms with E-state index in [1.165, 1.54) is 18.2 Å². The van der Waals surface area contributed by atoms with Crippen LogP contribution in [0.5, 0.6) is 0 Å². The highest BCUT2D eigenvalue weighted by Crippen LogP contribution is 2.30. The lowest BCUT2D eigenvalue weighted by molar-refractivity contribution is 0.0600. The summed E-state index contributed by atoms with van der Waals surface area (Å²) in [7, 11) is 1.41. The Morgan fingerprint density at radius 3 is 2.49 bits per heavy atom. The molecule has 7 heteroatoms. The minimum atomic E-state index is -0.403. The molecular weight excluding hydrogens is 440 g/mol. The van der Waals surface area contributed by atoms with Crippen molar-refractivity contribution in [1.82, 2.24) is 14.9 Å². The van der Waals surface area contributed by atoms with Crippen molar-refractivity contribution >= 4 is 39.3 Å². The van der Waals surface area contributed by atoms with Crippen LogP contribution in [0.4, 0.5) is 0 Å². The smallest absolute Gasteiger partial charge is 0.337 e. The van der Waals surface area contributed by atoms with Crippen LogP contribution in [0.3, 0.4) is 0 Å². The maximum absolute atomic E-state index is 11.9. The molecule has 0 bridgehead atoms. The number of methoxy groups -OCH3 is 1. The molecule has 4 N–H and O–H groups in total. The van der Waals surface area contributed by atoms with Crippen LogP contribution in [0.25, 0.3) is 27.4 Å². The van der Waals surface area contributed by atoms with E-state index in [2.05, 4.69) is 20.9 Å². The van der Waals surface area contributed by atoms with Crippen molar-refractivity contribution in [3.05, 3.63) is 77.1 Å². The number of carbonyl (C=O) groups is 2. The van der Waals surface area contributed by atoms with Gasteiger partial charge in [-0.1, -0.05) is 6.08 Å². The van der Waals surface area contributed by atoms with Gasteiger partial charge in [-0.25, -0.2) is 4.79 Å². The first kappa shape index (κ1) is 22.9. The van der Waals surface area contributed by atoms with Gasteiger partial charge in [-0.15, -0.1) is 0 Å². The zero-order valence-corrected chi connectivity index (χ0v) is 19.9. The average molecular weight is 471 g/mol. The van der Waals surface area contributed by atoms with Gasteiger partial charge in [0.25, 0.3) is 0 Å². The normalized spacial score (nSPS) is 14.4. The zero-order valence-electron chi connectivity index (χ0n) is 19.9. The van der Waals surface area contributed by atoms with E-state index in [-0.39, 0.29) is 5.97 Å². The minimum Gasteiger partial charge on any atom is -0.465 e. The first-order chi connectivity index (χ1) is 17.0. The number of hydrogen-bond acceptors (Lipinski definition) is 4. The second-order valence-electron chi connectivity index (χ2n) is 9.13. The summed E-state index contributed by atoms with van der Waals surface area (Å²) in [4.78, 5) is 32.6. The van der Waals surface area contributed by atoms with Crippen LogP contribution in [0.1, 0.15) is 51.1 Å². The van der Waals surface area contributed by atoms with E-state index in [1.807, 2.05) is 36.7 Å². The van der Waals surface area contributed by atoms with E-state index in [4.69, 9.17) is 10.5 Å². The van der Waals surface area contributed by atoms with Crippen LogP contribution in [-0.2, 0) is 11.2 Å². The van der Waals surface area contributed by atoms with Crippen molar-refractivity contribution in [2.75, 3.05) is 26.7 Å². The monoisotopic (exact) mass is 470 g/mol. The van der Waals surface area contributed by atoms with Crippen molar-refractivity contribution in [2.24, 2.45) is 5.73 Å². The summed E-state index contributed by atoms with van der Waals surface area (Å²) in [6.45, 7) is 3.00. The van der Waals surface area contributed by atoms with Gasteiger partial charge in [0.1, 0.15) is 0 Å². The molecule has 0 saturated carbocycles. The Labute approximate surface area is 203 Å². The molecule has 0 fully saturated rings. The summed E-state index contributed by atoms with van der Waals surface area (Å²) in [6.07, 6.45) is 10.5. The fourth-order valence-corrected chi connectivity index (χ4v) is 4.98. The molecule has 1 aliphatic rings. The summed E-state index contributed by atoms with van der Waals surface area (Å²) in [6, 6.07) is 11.2. The molecule has 0 aliphatic carbocycles. The van der Waals surface area contributed by atoms with Crippen LogP contribution < -0.4 is 5.73 Å². The number of ether oxygens (including phenoxy) is 1. The third kappa shape index (κ3) is 4.72. The van der Waals surface area contributed by atoms with Crippen LogP contribution in [0.2, 0.25) is 0 Å². The first-order valence-electron chi connectivity index (χ1n) is 12.0. The summed E-state index contributed by atoms with van der Waals surface area (Å²) in [5, 5.41) is 2.15. The predicted octanol–water partition coefficient (Wildman–Crippen LogP) is 4.65. The molecular formula is C28H30N4O3. The van der Waals surface area contributed by atoms with Crippen molar-refractivity contribution < 1.29 is 14.3 Å². The lowest BCUT2D eigenvalue weighted by Crippen LogP contribution is -2.29. The Balaban J connectivity index is 1.17. The molecule has 35 heavy (non-hydrogen) atoms. The number of rotatable bonds is 8. The number of aromatic amines is 2. The third-order valence-electron chi connectivity index (χ3n) is 6.96. The predicted molar refractivity (Wildman–Crippen MR) is 138 cm³/mol. The molecule has 3 heterocycles. The molecule has 2 aromatic heterocycles. The topological polar surface area (TPSA) is 104 Å². The largest absolute Gasteiger partial charge is 0.465 e. The molecule has 2 aromatic carbocycles. The number of benzene rings is 2. The number of nitrogens with two attached hydrogens (primary N) is 1. The second-order valence-corrected chi connectivity index (χ2v) is 9.13. The standard InChI is InChI=1S/C28H30N4O3/c1-35-28(34)20-6-8-25-22(15-20)21(16-30-25)4-2-3-11-32-12-9-18(10-13-32)24-17-31-26-7-5-19(27(29)33)14-23(24)26/h5-9,14-17,30-31H,2-4,10-13H2,1H3,(H2,29,33). The fourth-order valence-electron chi connectivity index (χ4n) is 4.98. The molecule has 0 saturated heterocycles. The molecule has 0 unspecified atom stereocenters. The van der Waals surface area contributed by atoms with E-state index in [0.29, 0.717) is 11.1 Å². The van der Waals surface area contributed by atoms with Crippen molar-refractivity contribution in [3.8, 4) is 0 Å². The first-order valence-corrected chi connectivity index (χ1v) is 12.0. The lowest BCUT2D eigenvalue weighted by atomic mass is 9.97. The number of esters is 1. The molecule has 1 aliphatic heterocycles. The quantitative estimate of drug-likeness (QED) is 0.258. The number of primary amides is 1. The van der Waals surface area contributed by atoms with Crippen molar-refractivity contribution in [1.29, 1.82) is 0 Å². The molecule has 0 radical (unpaired) electrons. The number of aromatic nitrogens is 2. The Morgan fingerprint density at radius 1 is 1.00 bits per heavy atom. The van der Waals surface area contributed by atoms with Gasteiger partial charge < -0.3 is 20.4 Å². The average Bonchev–Trinajstić information content (AvgIpc) is 3.49. The Bertz CT molecular complexity index is 1430. The number of nitrogens with zero attached hydrogens (tertiary/aromatic N) is 1. The van der Waals surface area contributed by atoms with Crippen LogP contribution in [0, 0.1) is 0 Å². The van der Waals surface area contributed by atoms with Crippen LogP contribution in [0.15, 0.2) is 54.9 Å². The maximum Gasteiger partial charge on any atom is 0.337 e. The van der Waals surface area contributed by atoms with Crippen molar-refractivity contribution in [3.63, 3.8) is 0 Å². The molecule has 7 nitrogen and oxygen atoms in total. The molecule has 5 rings (SSSR count). The van der Waals surface area contributed by atoms with Crippen LogP contribution >= 0.6 is 0 Å². The van der Waals surface area contributed by atoms with E-state index < -0.39 is 5.91 Å². The summed E-state index contributed by atoms with van der Waals surface area (Å²) >= 11 is 0. The number of H-pyrrole nitrogens is 2. The van der Waals surface area contributed by atoms with E-state index in [9.17, 15) is 9.59 Å². The zero-order chi connectivity index (χ0) is 24.4. The number of hydrogen-bond donors (Lipinski definition) is 3. The van der Waals surface area contributed by atoms with Gasteiger partial charge in [0, 0.05) is 58.4 Å². The highest BCUT2D eigenvalue weighted by molar-refractivity contribution is 6.00. The molecule has 4 aromatic rings. The van der Waals surface area contributed by atoms with Gasteiger partial charge >= 0.3 is 5.97 Å². The number of aryl methyl sites for hydroxylation is 1. The third-order valence-corrected chi connectivity index (χ3v) is 6.96. The number of nitrogens with one attached hydrogen (secondary N) is 2. The van der Waals surface area contributed by atoms with Gasteiger partial charge in [-0.05, 0) is 79.8 Å². The molecule has 1 amide bonds. The Hall–Kier alpha value is -3.84. The molecule has 0 spiro atoms. The minimum absolute atomic E-state index is 0.308. The van der Waals surface area contributed by atoms with Crippen LogP contribution in [-0.4, -0.2) is 53.5 Å². The molecule has 0 atom stereocenters. The summed E-state index contributed by atoms with van der Waals surface area (Å²) < 4.78 is 4.85. The van der Waals surface area contributed by atoms with Crippen molar-refractivity contribution in [2.45, 2.75) is 25.7 Å². The number of carbonyl (C=O) groups excluding carboxylic acids is 2. The van der Waals surface area contributed by atoms with Gasteiger partial charge in [0.05, 0.1) is 12.7 Å². The van der Waals surface area contributed by atoms with Gasteiger partial charge in [-0.3, -0.25) is 9.69 Å². The highest BCUT2D eigenvalue weighted by Gasteiger charge is 2.16. The summed E-state index contributed by atoms with van der Waals surface area (Å²) in [5.41, 5.74) is 12.4. The number of amides is 1. The fraction of sp³-hybridized carbons (Fsp3) is 0.286. The number of unbranched alkanes of at least 4 members (excludes halogenated alkanes) is 1. The van der Waals surface area contributed by atoms with E-state index in [0.717, 1.165) is 72.7 Å². The Morgan fingerprint density at radius 2 is 1.74 bits per heavy atom. The van der Waals surface area contributed by atoms with Gasteiger partial charge in [-0.2, -0.15) is 0 Å². The molecule has 180 valence electrons. The summed E-state index contributed by atoms with van der Waals surface area (Å²) in [5.74, 6) is -0.711. The SMILES string of the molecule is COC(=O)c1ccc2[nH]cc(CCCCN3CC=C(c4c[nH]c5ccc(C(N)=O)cc45)CC3)c2c1. The van der Waals surface area contributed by atoms with E-state index in [1.54, 1.807) is 12.1 Å². The van der Waals surface area contributed by atoms with E-state index >= 15 is 0 Å². The second kappa shape index (κ2) is 9.80. The van der Waals surface area contributed by atoms with Gasteiger partial charge in [0.15, 0.2) is 0 Å².